The van der Waals surface area contributed by atoms with Crippen LogP contribution in [0, 0.1) is 6.92 Å². The second-order valence-corrected chi connectivity index (χ2v) is 8.16. The molecule has 0 saturated carbocycles. The summed E-state index contributed by atoms with van der Waals surface area (Å²) in [4.78, 5) is 11.1. The van der Waals surface area contributed by atoms with E-state index in [2.05, 4.69) is 4.74 Å². The van der Waals surface area contributed by atoms with Gasteiger partial charge in [-0.2, -0.15) is 8.78 Å². The minimum atomic E-state index is -4.31. The van der Waals surface area contributed by atoms with Crippen LogP contribution in [-0.2, 0) is 10.0 Å². The van der Waals surface area contributed by atoms with Crippen LogP contribution in [0.5, 0.6) is 5.75 Å². The van der Waals surface area contributed by atoms with Gasteiger partial charge in [0.25, 0.3) is 10.0 Å². The van der Waals surface area contributed by atoms with Crippen molar-refractivity contribution < 1.29 is 40.6 Å². The molecule has 0 aliphatic carbocycles. The van der Waals surface area contributed by atoms with Gasteiger partial charge in [-0.25, -0.2) is 22.0 Å². The molecule has 2 rings (SSSR count). The van der Waals surface area contributed by atoms with Gasteiger partial charge in [0.2, 0.25) is 0 Å². The third-order valence-corrected chi connectivity index (χ3v) is 6.09. The highest BCUT2D eigenvalue weighted by Gasteiger charge is 2.41. The number of hydrogen-bond acceptors (Lipinski definition) is 4. The Morgan fingerprint density at radius 1 is 1.17 bits per heavy atom. The number of carboxylic acid groups (broad SMARTS) is 1. The summed E-state index contributed by atoms with van der Waals surface area (Å²) < 4.78 is 81.9. The monoisotopic (exact) mass is 449 g/mol. The number of rotatable bonds is 9. The fraction of sp³-hybridized carbons (Fsp3) is 0.316. The van der Waals surface area contributed by atoms with Gasteiger partial charge in [-0.15, -0.1) is 0 Å². The smallest absolute Gasteiger partial charge is 0.340 e. The molecule has 30 heavy (non-hydrogen) atoms. The number of halogens is 4. The number of benzene rings is 2. The molecule has 0 radical (unpaired) electrons. The van der Waals surface area contributed by atoms with Crippen molar-refractivity contribution in [3.05, 3.63) is 53.6 Å². The van der Waals surface area contributed by atoms with Crippen molar-refractivity contribution >= 4 is 21.7 Å². The SMILES string of the molecule is CCN(c1ccc(OCC(F)(F)C(F)F)cc1)S(=O)(=O)c1ccc(C)c(C(=O)O)c1. The number of carboxylic acids is 1. The van der Waals surface area contributed by atoms with Crippen LogP contribution in [0.15, 0.2) is 47.4 Å². The van der Waals surface area contributed by atoms with Crippen molar-refractivity contribution in [3.63, 3.8) is 0 Å². The van der Waals surface area contributed by atoms with E-state index in [0.29, 0.717) is 5.56 Å². The third-order valence-electron chi connectivity index (χ3n) is 4.19. The van der Waals surface area contributed by atoms with E-state index in [9.17, 15) is 35.9 Å². The van der Waals surface area contributed by atoms with Crippen LogP contribution >= 0.6 is 0 Å². The second kappa shape index (κ2) is 8.90. The van der Waals surface area contributed by atoms with Gasteiger partial charge in [-0.05, 0) is 55.8 Å². The Kier molecular flexibility index (Phi) is 6.96. The lowest BCUT2D eigenvalue weighted by molar-refractivity contribution is -0.148. The molecule has 0 aromatic heterocycles. The van der Waals surface area contributed by atoms with Crippen LogP contribution in [-0.4, -0.2) is 45.0 Å². The molecule has 0 aliphatic heterocycles. The summed E-state index contributed by atoms with van der Waals surface area (Å²) in [6.45, 7) is 1.55. The first kappa shape index (κ1) is 23.5. The van der Waals surface area contributed by atoms with Crippen molar-refractivity contribution in [1.29, 1.82) is 0 Å². The molecule has 1 N–H and O–H groups in total. The normalized spacial score (nSPS) is 12.1. The Labute approximate surface area is 170 Å². The van der Waals surface area contributed by atoms with Gasteiger partial charge >= 0.3 is 18.3 Å². The van der Waals surface area contributed by atoms with E-state index >= 15 is 0 Å². The fourth-order valence-electron chi connectivity index (χ4n) is 2.56. The van der Waals surface area contributed by atoms with E-state index in [0.717, 1.165) is 10.4 Å². The average molecular weight is 449 g/mol. The van der Waals surface area contributed by atoms with Gasteiger partial charge in [-0.1, -0.05) is 6.07 Å². The van der Waals surface area contributed by atoms with Crippen molar-refractivity contribution in [2.45, 2.75) is 31.1 Å². The van der Waals surface area contributed by atoms with Crippen LogP contribution in [0.2, 0.25) is 0 Å². The van der Waals surface area contributed by atoms with Gasteiger partial charge in [-0.3, -0.25) is 4.31 Å². The Balaban J connectivity index is 2.29. The molecular weight excluding hydrogens is 430 g/mol. The van der Waals surface area contributed by atoms with Crippen LogP contribution in [0.1, 0.15) is 22.8 Å². The predicted octanol–water partition coefficient (Wildman–Crippen LogP) is 4.19. The highest BCUT2D eigenvalue weighted by atomic mass is 32.2. The van der Waals surface area contributed by atoms with Crippen LogP contribution in [0.4, 0.5) is 23.2 Å². The quantitative estimate of drug-likeness (QED) is 0.581. The summed E-state index contributed by atoms with van der Waals surface area (Å²) in [6.07, 6.45) is -3.87. The van der Waals surface area contributed by atoms with E-state index < -0.39 is 34.9 Å². The Morgan fingerprint density at radius 2 is 1.77 bits per heavy atom. The molecule has 0 unspecified atom stereocenters. The minimum Gasteiger partial charge on any atom is -0.487 e. The molecule has 0 saturated heterocycles. The summed E-state index contributed by atoms with van der Waals surface area (Å²) in [5.41, 5.74) is 0.394. The van der Waals surface area contributed by atoms with Gasteiger partial charge in [0.05, 0.1) is 16.1 Å². The number of aromatic carboxylic acids is 1. The molecule has 11 heteroatoms. The maximum Gasteiger partial charge on any atom is 0.340 e. The first-order valence-corrected chi connectivity index (χ1v) is 10.1. The zero-order valence-electron chi connectivity index (χ0n) is 16.0. The number of anilines is 1. The zero-order valence-corrected chi connectivity index (χ0v) is 16.8. The lowest BCUT2D eigenvalue weighted by Crippen LogP contribution is -2.33. The largest absolute Gasteiger partial charge is 0.487 e. The number of carbonyl (C=O) groups is 1. The number of ether oxygens (including phenoxy) is 1. The van der Waals surface area contributed by atoms with Gasteiger partial charge in [0.1, 0.15) is 5.75 Å². The maximum atomic E-state index is 13.0. The van der Waals surface area contributed by atoms with E-state index in [1.165, 1.54) is 43.3 Å². The number of nitrogens with zero attached hydrogens (tertiary/aromatic N) is 1. The first-order valence-electron chi connectivity index (χ1n) is 8.65. The summed E-state index contributed by atoms with van der Waals surface area (Å²) in [5.74, 6) is -5.73. The summed E-state index contributed by atoms with van der Waals surface area (Å²) >= 11 is 0. The Morgan fingerprint density at radius 3 is 2.27 bits per heavy atom. The number of alkyl halides is 4. The van der Waals surface area contributed by atoms with E-state index in [4.69, 9.17) is 0 Å². The molecule has 0 heterocycles. The molecule has 0 amide bonds. The van der Waals surface area contributed by atoms with E-state index in [-0.39, 0.29) is 28.4 Å². The number of aryl methyl sites for hydroxylation is 1. The van der Waals surface area contributed by atoms with Crippen LogP contribution in [0.3, 0.4) is 0 Å². The molecule has 0 atom stereocenters. The first-order chi connectivity index (χ1) is 13.9. The Hall–Kier alpha value is -2.82. The predicted molar refractivity (Wildman–Crippen MR) is 101 cm³/mol. The Bertz CT molecular complexity index is 1010. The molecule has 0 spiro atoms. The zero-order chi connectivity index (χ0) is 22.7. The fourth-order valence-corrected chi connectivity index (χ4v) is 4.06. The molecular formula is C19H19F4NO5S. The van der Waals surface area contributed by atoms with Crippen LogP contribution < -0.4 is 9.04 Å². The van der Waals surface area contributed by atoms with Crippen molar-refractivity contribution in [2.75, 3.05) is 17.5 Å². The van der Waals surface area contributed by atoms with Gasteiger partial charge < -0.3 is 9.84 Å². The lowest BCUT2D eigenvalue weighted by Gasteiger charge is -2.23. The maximum absolute atomic E-state index is 13.0. The average Bonchev–Trinajstić information content (AvgIpc) is 2.67. The number of sulfonamides is 1. The lowest BCUT2D eigenvalue weighted by atomic mass is 10.1. The topological polar surface area (TPSA) is 83.9 Å². The van der Waals surface area contributed by atoms with Crippen molar-refractivity contribution in [1.82, 2.24) is 0 Å². The van der Waals surface area contributed by atoms with Crippen molar-refractivity contribution in [2.24, 2.45) is 0 Å². The number of hydrogen-bond donors (Lipinski definition) is 1. The van der Waals surface area contributed by atoms with Gasteiger partial charge in [0, 0.05) is 6.54 Å². The van der Waals surface area contributed by atoms with Gasteiger partial charge in [0.15, 0.2) is 6.61 Å². The molecule has 0 aliphatic rings. The molecule has 0 bridgehead atoms. The van der Waals surface area contributed by atoms with E-state index in [1.807, 2.05) is 0 Å². The van der Waals surface area contributed by atoms with Crippen molar-refractivity contribution in [3.8, 4) is 5.75 Å². The summed E-state index contributed by atoms with van der Waals surface area (Å²) in [5, 5.41) is 9.22. The molecule has 2 aromatic rings. The van der Waals surface area contributed by atoms with Crippen LogP contribution in [0.25, 0.3) is 0 Å². The molecule has 0 fully saturated rings. The molecule has 6 nitrogen and oxygen atoms in total. The summed E-state index contributed by atoms with van der Waals surface area (Å²) in [7, 11) is -4.13. The molecule has 164 valence electrons. The van der Waals surface area contributed by atoms with E-state index in [1.54, 1.807) is 6.92 Å². The molecule has 2 aromatic carbocycles. The standard InChI is InChI=1S/C19H19F4NO5S/c1-3-24(30(27,28)15-9-4-12(2)16(10-15)17(25)26)13-5-7-14(8-6-13)29-11-19(22,23)18(20)21/h4-10,18H,3,11H2,1-2H3,(H,25,26). The third kappa shape index (κ3) is 5.02. The minimum absolute atomic E-state index is 0.0116. The second-order valence-electron chi connectivity index (χ2n) is 6.30. The highest BCUT2D eigenvalue weighted by Crippen LogP contribution is 2.28. The summed E-state index contributed by atoms with van der Waals surface area (Å²) in [6, 6.07) is 8.60. The highest BCUT2D eigenvalue weighted by molar-refractivity contribution is 7.92.